The van der Waals surface area contributed by atoms with Crippen LogP contribution in [0.2, 0.25) is 0 Å². The summed E-state index contributed by atoms with van der Waals surface area (Å²) in [6.45, 7) is 15.9. The van der Waals surface area contributed by atoms with E-state index >= 15 is 13.2 Å². The number of amides is 1. The van der Waals surface area contributed by atoms with Crippen LogP contribution in [-0.2, 0) is 47.5 Å². The number of Topliss-reactive ketones (excluding diaryl/α,β-unsaturated/α-hetero) is 1. The summed E-state index contributed by atoms with van der Waals surface area (Å²) < 4.78 is 98.2. The molecule has 4 aliphatic rings. The molecule has 4 fully saturated rings. The van der Waals surface area contributed by atoms with Gasteiger partial charge in [0.1, 0.15) is 11.3 Å². The van der Waals surface area contributed by atoms with Gasteiger partial charge in [-0.2, -0.15) is 13.2 Å². The molecular formula is C46H70F3N3O12. The van der Waals surface area contributed by atoms with Crippen LogP contribution in [-0.4, -0.2) is 133 Å². The Hall–Kier alpha value is -3.39. The second-order valence-corrected chi connectivity index (χ2v) is 19.3. The summed E-state index contributed by atoms with van der Waals surface area (Å²) in [5.41, 5.74) is -7.38. The number of methoxy groups -OCH3 is 1. The highest BCUT2D eigenvalue weighted by Crippen LogP contribution is 2.56. The molecule has 11 unspecified atom stereocenters. The largest absolute Gasteiger partial charge is 0.457 e. The molecule has 0 aromatic heterocycles. The summed E-state index contributed by atoms with van der Waals surface area (Å²) in [4.78, 5) is 58.4. The summed E-state index contributed by atoms with van der Waals surface area (Å²) in [6.07, 6.45) is -14.1. The molecule has 1 amide bonds. The molecule has 362 valence electrons. The fraction of sp³-hybridized carbons (Fsp3) is 0.783. The summed E-state index contributed by atoms with van der Waals surface area (Å²) in [5.74, 6) is -0.999. The highest BCUT2D eigenvalue weighted by Gasteiger charge is 2.81. The van der Waals surface area contributed by atoms with E-state index in [1.54, 1.807) is 51.1 Å². The molecule has 0 radical (unpaired) electrons. The van der Waals surface area contributed by atoms with Crippen LogP contribution in [0.15, 0.2) is 30.3 Å². The van der Waals surface area contributed by atoms with Crippen molar-refractivity contribution in [3.63, 3.8) is 0 Å². The summed E-state index contributed by atoms with van der Waals surface area (Å²) in [6, 6.07) is 8.08. The molecule has 18 heteroatoms. The standard InChI is InChI=1S/C46H70F3N3O12/c1-14-33-45(46(47,48)49)44(10,52(50)42(56)64-45)30(8)35(53)25(3)23-43(9,57-13)38(28(6)36(29(7)39(54)60-33)61-34-21-24(2)20-26(4)58-34)63-41-37(32(51(11)12)22-27(5)59-41)62-40(55)31-18-16-15-17-19-31/h15-19,24-30,32-34,36-38,41H,14,20-23,50H2,1-13H3/t24?,25-,26?,27?,28?,29?,30?,32?,33?,34?,36-,37-,38?,41?,43+,44+,45-/m1/s1. The Bertz CT molecular complexity index is 1800. The van der Waals surface area contributed by atoms with Crippen molar-refractivity contribution < 1.29 is 70.2 Å². The molecule has 0 aliphatic carbocycles. The first-order valence-electron chi connectivity index (χ1n) is 22.5. The first kappa shape index (κ1) is 51.6. The Morgan fingerprint density at radius 2 is 1.55 bits per heavy atom. The number of esters is 2. The number of rotatable bonds is 9. The SMILES string of the molecule is CCC1OC(=O)C(C)[C@H](OC2CC(C)CC(C)O2)C(C)C(OC2OC(C)CC(N(C)C)[C@H]2OC(=O)c2ccccc2)[C@@](C)(OC)C[C@@H](C)C(=O)C(C)[C@]2(C)N(N)C(=O)O[C@]12C(F)(F)F. The molecule has 0 spiro atoms. The first-order valence-corrected chi connectivity index (χ1v) is 22.5. The molecule has 17 atom stereocenters. The lowest BCUT2D eigenvalue weighted by Gasteiger charge is -2.51. The van der Waals surface area contributed by atoms with Gasteiger partial charge in [-0.15, -0.1) is 0 Å². The predicted molar refractivity (Wildman–Crippen MR) is 226 cm³/mol. The number of carbonyl (C=O) groups is 4. The summed E-state index contributed by atoms with van der Waals surface area (Å²) >= 11 is 0. The molecule has 0 saturated carbocycles. The number of likely N-dealkylation sites (N-methyl/N-ethyl adjacent to an activating group) is 1. The van der Waals surface area contributed by atoms with Crippen LogP contribution < -0.4 is 5.84 Å². The Morgan fingerprint density at radius 3 is 2.11 bits per heavy atom. The number of ketones is 1. The number of hydrazine groups is 1. The van der Waals surface area contributed by atoms with E-state index in [1.165, 1.54) is 27.9 Å². The van der Waals surface area contributed by atoms with E-state index in [0.717, 1.165) is 13.3 Å². The average molecular weight is 914 g/mol. The van der Waals surface area contributed by atoms with Gasteiger partial charge in [0, 0.05) is 31.3 Å². The lowest BCUT2D eigenvalue weighted by Crippen LogP contribution is -2.74. The molecule has 0 bridgehead atoms. The van der Waals surface area contributed by atoms with E-state index in [1.807, 2.05) is 39.8 Å². The zero-order valence-corrected chi connectivity index (χ0v) is 39.5. The quantitative estimate of drug-likeness (QED) is 0.118. The molecule has 1 aromatic carbocycles. The molecule has 1 aromatic rings. The Kier molecular flexibility index (Phi) is 16.0. The Labute approximate surface area is 375 Å². The van der Waals surface area contributed by atoms with Gasteiger partial charge in [-0.1, -0.05) is 52.8 Å². The maximum atomic E-state index is 15.9. The fourth-order valence-electron chi connectivity index (χ4n) is 10.7. The highest BCUT2D eigenvalue weighted by molar-refractivity contribution is 5.89. The second kappa shape index (κ2) is 19.8. The Morgan fingerprint density at radius 1 is 0.922 bits per heavy atom. The van der Waals surface area contributed by atoms with Gasteiger partial charge in [-0.25, -0.2) is 20.4 Å². The molecule has 5 rings (SSSR count). The zero-order chi connectivity index (χ0) is 47.9. The number of fused-ring (bicyclic) bond motifs is 1. The van der Waals surface area contributed by atoms with Gasteiger partial charge in [-0.05, 0) is 92.4 Å². The number of nitrogens with two attached hydrogens (primary N) is 1. The predicted octanol–water partition coefficient (Wildman–Crippen LogP) is 6.84. The van der Waals surface area contributed by atoms with Crippen LogP contribution in [0.4, 0.5) is 18.0 Å². The van der Waals surface area contributed by atoms with E-state index < -0.39 is 126 Å². The third-order valence-electron chi connectivity index (χ3n) is 14.4. The normalized spacial score (nSPS) is 41.8. The molecular weight excluding hydrogens is 844 g/mol. The minimum atomic E-state index is -5.39. The molecule has 4 heterocycles. The van der Waals surface area contributed by atoms with Crippen molar-refractivity contribution in [2.24, 2.45) is 35.4 Å². The zero-order valence-electron chi connectivity index (χ0n) is 39.5. The van der Waals surface area contributed by atoms with E-state index in [4.69, 9.17) is 43.7 Å². The van der Waals surface area contributed by atoms with Crippen molar-refractivity contribution in [3.8, 4) is 0 Å². The molecule has 15 nitrogen and oxygen atoms in total. The smallest absolute Gasteiger partial charge is 0.434 e. The number of nitrogens with zero attached hydrogens (tertiary/aromatic N) is 2. The number of cyclic esters (lactones) is 1. The van der Waals surface area contributed by atoms with Crippen LogP contribution in [0, 0.1) is 29.6 Å². The van der Waals surface area contributed by atoms with Crippen molar-refractivity contribution in [1.29, 1.82) is 0 Å². The number of hydrogen-bond acceptors (Lipinski definition) is 14. The molecule has 64 heavy (non-hydrogen) atoms. The van der Waals surface area contributed by atoms with Gasteiger partial charge in [0.2, 0.25) is 0 Å². The number of halogens is 3. The van der Waals surface area contributed by atoms with Gasteiger partial charge >= 0.3 is 24.2 Å². The third kappa shape index (κ3) is 9.70. The second-order valence-electron chi connectivity index (χ2n) is 19.3. The van der Waals surface area contributed by atoms with Crippen molar-refractivity contribution in [1.82, 2.24) is 9.91 Å². The Balaban J connectivity index is 1.71. The summed E-state index contributed by atoms with van der Waals surface area (Å²) in [7, 11) is 5.13. The number of carbonyl (C=O) groups excluding carboxylic acids is 4. The first-order chi connectivity index (χ1) is 29.8. The van der Waals surface area contributed by atoms with Crippen LogP contribution in [0.1, 0.15) is 112 Å². The van der Waals surface area contributed by atoms with E-state index in [-0.39, 0.29) is 18.4 Å². The number of benzene rings is 1. The number of alkyl halides is 3. The average Bonchev–Trinajstić information content (AvgIpc) is 3.44. The van der Waals surface area contributed by atoms with E-state index in [9.17, 15) is 19.2 Å². The monoisotopic (exact) mass is 913 g/mol. The van der Waals surface area contributed by atoms with Crippen LogP contribution >= 0.6 is 0 Å². The third-order valence-corrected chi connectivity index (χ3v) is 14.4. The number of ether oxygens (including phenoxy) is 8. The lowest BCUT2D eigenvalue weighted by atomic mass is 9.65. The van der Waals surface area contributed by atoms with Gasteiger partial charge in [-0.3, -0.25) is 9.59 Å². The van der Waals surface area contributed by atoms with Crippen molar-refractivity contribution in [2.75, 3.05) is 21.2 Å². The summed E-state index contributed by atoms with van der Waals surface area (Å²) in [5, 5.41) is 0.291. The van der Waals surface area contributed by atoms with Crippen molar-refractivity contribution >= 4 is 23.8 Å². The van der Waals surface area contributed by atoms with Crippen LogP contribution in [0.5, 0.6) is 0 Å². The van der Waals surface area contributed by atoms with Gasteiger partial charge in [0.05, 0.1) is 47.5 Å². The molecule has 2 N–H and O–H groups in total. The topological polar surface area (TPSA) is 175 Å². The van der Waals surface area contributed by atoms with Crippen LogP contribution in [0.25, 0.3) is 0 Å². The maximum absolute atomic E-state index is 15.9. The van der Waals surface area contributed by atoms with E-state index in [0.29, 0.717) is 23.4 Å². The number of hydrogen-bond donors (Lipinski definition) is 1. The molecule has 4 aliphatic heterocycles. The van der Waals surface area contributed by atoms with Gasteiger partial charge < -0.3 is 42.8 Å². The van der Waals surface area contributed by atoms with Gasteiger partial charge in [0.15, 0.2) is 24.8 Å². The van der Waals surface area contributed by atoms with Gasteiger partial charge in [0.25, 0.3) is 5.60 Å². The van der Waals surface area contributed by atoms with Crippen molar-refractivity contribution in [3.05, 3.63) is 35.9 Å². The lowest BCUT2D eigenvalue weighted by molar-refractivity contribution is -0.313. The van der Waals surface area contributed by atoms with Crippen molar-refractivity contribution in [2.45, 2.75) is 180 Å². The minimum absolute atomic E-state index is 0.152. The van der Waals surface area contributed by atoms with E-state index in [2.05, 4.69) is 0 Å². The maximum Gasteiger partial charge on any atom is 0.434 e. The van der Waals surface area contributed by atoms with Crippen LogP contribution in [0.3, 0.4) is 0 Å². The molecule has 4 saturated heterocycles. The minimum Gasteiger partial charge on any atom is -0.457 e. The highest BCUT2D eigenvalue weighted by atomic mass is 19.4. The fourth-order valence-corrected chi connectivity index (χ4v) is 10.7.